The number of nitrogens with zero attached hydrogens (tertiary/aromatic N) is 1. The fourth-order valence-electron chi connectivity index (χ4n) is 4.06. The Morgan fingerprint density at radius 3 is 2.77 bits per heavy atom. The number of hydrogen-bond donors (Lipinski definition) is 1. The molecule has 1 saturated carbocycles. The van der Waals surface area contributed by atoms with E-state index in [1.165, 1.54) is 17.5 Å². The summed E-state index contributed by atoms with van der Waals surface area (Å²) in [5.41, 5.74) is 2.05. The monoisotopic (exact) mass is 438 g/mol. The zero-order valence-electron chi connectivity index (χ0n) is 18.2. The highest BCUT2D eigenvalue weighted by molar-refractivity contribution is 7.18. The first kappa shape index (κ1) is 21.6. The van der Waals surface area contributed by atoms with Crippen LogP contribution in [0.1, 0.15) is 62.1 Å². The molecule has 0 spiro atoms. The van der Waals surface area contributed by atoms with Gasteiger partial charge in [-0.1, -0.05) is 18.2 Å². The maximum atomic E-state index is 12.5. The predicted molar refractivity (Wildman–Crippen MR) is 125 cm³/mol. The first-order valence-electron chi connectivity index (χ1n) is 11.1. The second-order valence-electron chi connectivity index (χ2n) is 8.15. The largest absolute Gasteiger partial charge is 0.493 e. The van der Waals surface area contributed by atoms with Crippen LogP contribution in [0.5, 0.6) is 11.5 Å². The Bertz CT molecular complexity index is 994. The fraction of sp³-hybridized carbons (Fsp3) is 0.440. The summed E-state index contributed by atoms with van der Waals surface area (Å²) in [5, 5.41) is 4.19. The molecule has 1 N–H and O–H groups in total. The molecule has 3 aromatic rings. The summed E-state index contributed by atoms with van der Waals surface area (Å²) in [6.45, 7) is 2.00. The number of hydrogen-bond acceptors (Lipinski definition) is 5. The van der Waals surface area contributed by atoms with Gasteiger partial charge in [0.1, 0.15) is 0 Å². The average Bonchev–Trinajstić information content (AvgIpc) is 3.43. The molecule has 0 saturated heterocycles. The highest BCUT2D eigenvalue weighted by atomic mass is 32.1. The summed E-state index contributed by atoms with van der Waals surface area (Å²) in [5.74, 6) is 1.56. The van der Waals surface area contributed by atoms with Crippen molar-refractivity contribution in [1.29, 1.82) is 0 Å². The molecular formula is C25H30N2O3S. The quantitative estimate of drug-likeness (QED) is 0.457. The van der Waals surface area contributed by atoms with Crippen LogP contribution in [0.3, 0.4) is 0 Å². The first-order valence-corrected chi connectivity index (χ1v) is 11.9. The van der Waals surface area contributed by atoms with Crippen molar-refractivity contribution in [1.82, 2.24) is 10.3 Å². The van der Waals surface area contributed by atoms with Crippen molar-refractivity contribution in [2.24, 2.45) is 0 Å². The number of carbonyl (C=O) groups is 1. The van der Waals surface area contributed by atoms with E-state index in [9.17, 15) is 4.79 Å². The molecule has 1 aliphatic rings. The number of amides is 1. The molecule has 4 rings (SSSR count). The molecule has 1 fully saturated rings. The Hall–Kier alpha value is -2.60. The minimum Gasteiger partial charge on any atom is -0.493 e. The molecular weight excluding hydrogens is 408 g/mol. The van der Waals surface area contributed by atoms with Crippen molar-refractivity contribution in [3.8, 4) is 11.5 Å². The van der Waals surface area contributed by atoms with Crippen LogP contribution in [-0.4, -0.2) is 24.1 Å². The normalized spacial score (nSPS) is 15.2. The third-order valence-electron chi connectivity index (χ3n) is 5.79. The minimum atomic E-state index is -0.0932. The predicted octanol–water partition coefficient (Wildman–Crippen LogP) is 5.83. The van der Waals surface area contributed by atoms with Gasteiger partial charge in [-0.2, -0.15) is 0 Å². The molecule has 5 nitrogen and oxygen atoms in total. The molecule has 164 valence electrons. The Morgan fingerprint density at radius 2 is 2.00 bits per heavy atom. The number of benzene rings is 2. The van der Waals surface area contributed by atoms with Gasteiger partial charge in [0.05, 0.1) is 34.5 Å². The molecule has 1 amide bonds. The zero-order valence-corrected chi connectivity index (χ0v) is 19.0. The Kier molecular flexibility index (Phi) is 7.07. The molecule has 6 heteroatoms. The fourth-order valence-corrected chi connectivity index (χ4v) is 5.07. The second kappa shape index (κ2) is 10.1. The number of fused-ring (bicyclic) bond motifs is 1. The summed E-state index contributed by atoms with van der Waals surface area (Å²) >= 11 is 1.71. The SMILES string of the molecule is COc1cc(C(C)NC(=O)CCCc2nc3ccccc3s2)ccc1OC1CCCC1. The average molecular weight is 439 g/mol. The number of methoxy groups -OCH3 is 1. The van der Waals surface area contributed by atoms with Gasteiger partial charge in [-0.15, -0.1) is 11.3 Å². The molecule has 1 atom stereocenters. The van der Waals surface area contributed by atoms with Crippen molar-refractivity contribution in [2.75, 3.05) is 7.11 Å². The number of thiazole rings is 1. The van der Waals surface area contributed by atoms with Crippen molar-refractivity contribution < 1.29 is 14.3 Å². The number of carbonyl (C=O) groups excluding carboxylic acids is 1. The molecule has 1 unspecified atom stereocenters. The topological polar surface area (TPSA) is 60.5 Å². The molecule has 31 heavy (non-hydrogen) atoms. The number of rotatable bonds is 9. The summed E-state index contributed by atoms with van der Waals surface area (Å²) in [6.07, 6.45) is 7.05. The lowest BCUT2D eigenvalue weighted by Gasteiger charge is -2.19. The van der Waals surface area contributed by atoms with Gasteiger partial charge in [0.2, 0.25) is 5.91 Å². The van der Waals surface area contributed by atoms with E-state index in [-0.39, 0.29) is 18.1 Å². The van der Waals surface area contributed by atoms with Crippen molar-refractivity contribution >= 4 is 27.5 Å². The van der Waals surface area contributed by atoms with Gasteiger partial charge in [0.15, 0.2) is 11.5 Å². The lowest BCUT2D eigenvalue weighted by molar-refractivity contribution is -0.121. The number of para-hydroxylation sites is 1. The number of aromatic nitrogens is 1. The Balaban J connectivity index is 1.28. The molecule has 2 aromatic carbocycles. The van der Waals surface area contributed by atoms with E-state index < -0.39 is 0 Å². The van der Waals surface area contributed by atoms with Crippen LogP contribution in [0.15, 0.2) is 42.5 Å². The molecule has 1 aromatic heterocycles. The van der Waals surface area contributed by atoms with E-state index in [1.807, 2.05) is 43.3 Å². The van der Waals surface area contributed by atoms with Gasteiger partial charge in [0, 0.05) is 6.42 Å². The van der Waals surface area contributed by atoms with Gasteiger partial charge < -0.3 is 14.8 Å². The molecule has 0 bridgehead atoms. The third kappa shape index (κ3) is 5.56. The van der Waals surface area contributed by atoms with E-state index >= 15 is 0 Å². The lowest BCUT2D eigenvalue weighted by Crippen LogP contribution is -2.26. The molecule has 1 aliphatic carbocycles. The summed E-state index contributed by atoms with van der Waals surface area (Å²) in [7, 11) is 1.66. The van der Waals surface area contributed by atoms with Gasteiger partial charge in [-0.05, 0) is 75.3 Å². The van der Waals surface area contributed by atoms with Gasteiger partial charge in [-0.3, -0.25) is 4.79 Å². The summed E-state index contributed by atoms with van der Waals surface area (Å²) in [4.78, 5) is 17.1. The zero-order chi connectivity index (χ0) is 21.6. The van der Waals surface area contributed by atoms with E-state index in [1.54, 1.807) is 18.4 Å². The Morgan fingerprint density at radius 1 is 1.19 bits per heavy atom. The van der Waals surface area contributed by atoms with E-state index in [2.05, 4.69) is 16.4 Å². The standard InChI is InChI=1S/C25H30N2O3S/c1-17(18-14-15-21(22(16-18)29-2)30-19-8-3-4-9-19)26-24(28)12-7-13-25-27-20-10-5-6-11-23(20)31-25/h5-6,10-11,14-17,19H,3-4,7-9,12-13H2,1-2H3,(H,26,28). The van der Waals surface area contributed by atoms with Crippen LogP contribution >= 0.6 is 11.3 Å². The second-order valence-corrected chi connectivity index (χ2v) is 9.27. The van der Waals surface area contributed by atoms with Gasteiger partial charge in [0.25, 0.3) is 0 Å². The van der Waals surface area contributed by atoms with Crippen LogP contribution in [0.4, 0.5) is 0 Å². The van der Waals surface area contributed by atoms with E-state index in [0.717, 1.165) is 53.3 Å². The van der Waals surface area contributed by atoms with Crippen molar-refractivity contribution in [3.05, 3.63) is 53.0 Å². The van der Waals surface area contributed by atoms with Crippen LogP contribution in [-0.2, 0) is 11.2 Å². The van der Waals surface area contributed by atoms with Crippen LogP contribution < -0.4 is 14.8 Å². The molecule has 0 aliphatic heterocycles. The van der Waals surface area contributed by atoms with Crippen LogP contribution in [0.25, 0.3) is 10.2 Å². The highest BCUT2D eigenvalue weighted by Crippen LogP contribution is 2.33. The summed E-state index contributed by atoms with van der Waals surface area (Å²) < 4.78 is 12.9. The van der Waals surface area contributed by atoms with Gasteiger partial charge in [-0.25, -0.2) is 4.98 Å². The first-order chi connectivity index (χ1) is 15.1. The number of nitrogens with one attached hydrogen (secondary N) is 1. The van der Waals surface area contributed by atoms with E-state index in [4.69, 9.17) is 9.47 Å². The van der Waals surface area contributed by atoms with E-state index in [0.29, 0.717) is 6.42 Å². The molecule has 0 radical (unpaired) electrons. The van der Waals surface area contributed by atoms with Gasteiger partial charge >= 0.3 is 0 Å². The number of aryl methyl sites for hydroxylation is 1. The van der Waals surface area contributed by atoms with Crippen molar-refractivity contribution in [2.45, 2.75) is 64.0 Å². The highest BCUT2D eigenvalue weighted by Gasteiger charge is 2.19. The smallest absolute Gasteiger partial charge is 0.220 e. The molecule has 1 heterocycles. The van der Waals surface area contributed by atoms with Crippen molar-refractivity contribution in [3.63, 3.8) is 0 Å². The maximum absolute atomic E-state index is 12.5. The van der Waals surface area contributed by atoms with Crippen LogP contribution in [0.2, 0.25) is 0 Å². The lowest BCUT2D eigenvalue weighted by atomic mass is 10.1. The third-order valence-corrected chi connectivity index (χ3v) is 6.89. The minimum absolute atomic E-state index is 0.0545. The van der Waals surface area contributed by atoms with Crippen LogP contribution in [0, 0.1) is 0 Å². The number of ether oxygens (including phenoxy) is 2. The maximum Gasteiger partial charge on any atom is 0.220 e. The summed E-state index contributed by atoms with van der Waals surface area (Å²) in [6, 6.07) is 14.0. The Labute approximate surface area is 187 Å².